The SMILES string of the molecule is C=C[C@H](NC(=O)OC(C)(C)C)[C@@H]1OC(C)(C)O[C@@H]1CCCCCCCCCCCCCC. The van der Waals surface area contributed by atoms with Crippen LogP contribution in [-0.4, -0.2) is 35.7 Å². The molecule has 1 saturated heterocycles. The van der Waals surface area contributed by atoms with Crippen LogP contribution in [0, 0.1) is 0 Å². The first-order chi connectivity index (χ1) is 15.1. The van der Waals surface area contributed by atoms with Crippen molar-refractivity contribution in [1.82, 2.24) is 5.32 Å². The minimum atomic E-state index is -0.663. The Balaban J connectivity index is 2.31. The lowest BCUT2D eigenvalue weighted by atomic mass is 9.99. The Morgan fingerprint density at radius 1 is 0.969 bits per heavy atom. The van der Waals surface area contributed by atoms with E-state index in [2.05, 4.69) is 18.8 Å². The summed E-state index contributed by atoms with van der Waals surface area (Å²) in [6.45, 7) is 15.6. The van der Waals surface area contributed by atoms with Crippen molar-refractivity contribution in [3.8, 4) is 0 Å². The lowest BCUT2D eigenvalue weighted by Crippen LogP contribution is -2.48. The average molecular weight is 454 g/mol. The summed E-state index contributed by atoms with van der Waals surface area (Å²) in [5.74, 6) is -0.663. The molecule has 1 fully saturated rings. The van der Waals surface area contributed by atoms with E-state index in [9.17, 15) is 4.79 Å². The molecule has 1 N–H and O–H groups in total. The fourth-order valence-corrected chi connectivity index (χ4v) is 4.30. The summed E-state index contributed by atoms with van der Waals surface area (Å²) < 4.78 is 17.7. The van der Waals surface area contributed by atoms with E-state index < -0.39 is 17.5 Å². The van der Waals surface area contributed by atoms with Gasteiger partial charge in [0, 0.05) is 0 Å². The summed E-state index contributed by atoms with van der Waals surface area (Å²) in [4.78, 5) is 12.2. The van der Waals surface area contributed by atoms with Crippen LogP contribution in [0.5, 0.6) is 0 Å². The predicted octanol–water partition coefficient (Wildman–Crippen LogP) is 7.68. The molecule has 1 rings (SSSR count). The molecule has 5 nitrogen and oxygen atoms in total. The lowest BCUT2D eigenvalue weighted by Gasteiger charge is -2.27. The maximum absolute atomic E-state index is 12.2. The monoisotopic (exact) mass is 453 g/mol. The number of rotatable bonds is 16. The highest BCUT2D eigenvalue weighted by molar-refractivity contribution is 5.68. The Bertz CT molecular complexity index is 526. The second-order valence-corrected chi connectivity index (χ2v) is 10.7. The smallest absolute Gasteiger partial charge is 0.408 e. The molecule has 32 heavy (non-hydrogen) atoms. The van der Waals surface area contributed by atoms with Gasteiger partial charge in [-0.15, -0.1) is 6.58 Å². The number of hydrogen-bond donors (Lipinski definition) is 1. The van der Waals surface area contributed by atoms with Crippen LogP contribution in [0.1, 0.15) is 125 Å². The number of carbonyl (C=O) groups is 1. The highest BCUT2D eigenvalue weighted by Crippen LogP contribution is 2.33. The number of carbonyl (C=O) groups excluding carboxylic acids is 1. The summed E-state index contributed by atoms with van der Waals surface area (Å²) in [5.41, 5.74) is -0.545. The summed E-state index contributed by atoms with van der Waals surface area (Å²) in [7, 11) is 0. The van der Waals surface area contributed by atoms with Crippen molar-refractivity contribution in [2.45, 2.75) is 155 Å². The zero-order valence-corrected chi connectivity index (χ0v) is 21.8. The lowest BCUT2D eigenvalue weighted by molar-refractivity contribution is -0.148. The van der Waals surface area contributed by atoms with Crippen molar-refractivity contribution in [1.29, 1.82) is 0 Å². The van der Waals surface area contributed by atoms with Gasteiger partial charge in [0.25, 0.3) is 0 Å². The minimum Gasteiger partial charge on any atom is -0.444 e. The fourth-order valence-electron chi connectivity index (χ4n) is 4.30. The second-order valence-electron chi connectivity index (χ2n) is 10.7. The Morgan fingerprint density at radius 2 is 1.47 bits per heavy atom. The third-order valence-corrected chi connectivity index (χ3v) is 5.85. The molecule has 1 heterocycles. The van der Waals surface area contributed by atoms with Crippen LogP contribution in [-0.2, 0) is 14.2 Å². The third-order valence-electron chi connectivity index (χ3n) is 5.85. The molecular formula is C27H51NO4. The molecule has 0 aromatic heterocycles. The number of alkyl carbamates (subject to hydrolysis) is 1. The van der Waals surface area contributed by atoms with Crippen LogP contribution in [0.4, 0.5) is 4.79 Å². The summed E-state index contributed by atoms with van der Waals surface area (Å²) in [5, 5.41) is 2.89. The van der Waals surface area contributed by atoms with Gasteiger partial charge in [0.05, 0.1) is 12.1 Å². The first kappa shape index (κ1) is 29.0. The molecule has 3 atom stereocenters. The Kier molecular flexibility index (Phi) is 13.5. The van der Waals surface area contributed by atoms with Crippen LogP contribution in [0.25, 0.3) is 0 Å². The average Bonchev–Trinajstić information content (AvgIpc) is 3.00. The van der Waals surface area contributed by atoms with Gasteiger partial charge in [0.1, 0.15) is 11.7 Å². The molecule has 188 valence electrons. The van der Waals surface area contributed by atoms with Gasteiger partial charge in [0.15, 0.2) is 5.79 Å². The van der Waals surface area contributed by atoms with E-state index in [1.165, 1.54) is 70.6 Å². The number of amides is 1. The largest absolute Gasteiger partial charge is 0.444 e. The highest BCUT2D eigenvalue weighted by Gasteiger charge is 2.44. The second kappa shape index (κ2) is 15.0. The van der Waals surface area contributed by atoms with Crippen LogP contribution in [0.15, 0.2) is 12.7 Å². The van der Waals surface area contributed by atoms with Gasteiger partial charge < -0.3 is 19.5 Å². The van der Waals surface area contributed by atoms with E-state index in [1.54, 1.807) is 6.08 Å². The molecule has 0 spiro atoms. The predicted molar refractivity (Wildman–Crippen MR) is 133 cm³/mol. The number of hydrogen-bond acceptors (Lipinski definition) is 4. The van der Waals surface area contributed by atoms with Crippen molar-refractivity contribution < 1.29 is 19.0 Å². The van der Waals surface area contributed by atoms with Crippen LogP contribution >= 0.6 is 0 Å². The quantitative estimate of drug-likeness (QED) is 0.192. The highest BCUT2D eigenvalue weighted by atomic mass is 16.8. The van der Waals surface area contributed by atoms with Gasteiger partial charge in [-0.25, -0.2) is 4.79 Å². The van der Waals surface area contributed by atoms with Crippen molar-refractivity contribution in [3.63, 3.8) is 0 Å². The normalized spacial score (nSPS) is 21.3. The van der Waals surface area contributed by atoms with Crippen LogP contribution in [0.2, 0.25) is 0 Å². The molecule has 1 amide bonds. The van der Waals surface area contributed by atoms with Gasteiger partial charge in [-0.2, -0.15) is 0 Å². The van der Waals surface area contributed by atoms with Crippen LogP contribution < -0.4 is 5.32 Å². The zero-order chi connectivity index (χ0) is 24.0. The van der Waals surface area contributed by atoms with Crippen molar-refractivity contribution in [3.05, 3.63) is 12.7 Å². The molecule has 0 saturated carbocycles. The Morgan fingerprint density at radius 3 is 1.94 bits per heavy atom. The van der Waals surface area contributed by atoms with Gasteiger partial charge in [0.2, 0.25) is 0 Å². The third kappa shape index (κ3) is 12.8. The molecule has 1 aliphatic heterocycles. The first-order valence-corrected chi connectivity index (χ1v) is 13.1. The van der Waals surface area contributed by atoms with E-state index in [-0.39, 0.29) is 18.2 Å². The van der Waals surface area contributed by atoms with Gasteiger partial charge in [-0.3, -0.25) is 0 Å². The maximum Gasteiger partial charge on any atom is 0.408 e. The van der Waals surface area contributed by atoms with E-state index >= 15 is 0 Å². The van der Waals surface area contributed by atoms with E-state index in [1.807, 2.05) is 34.6 Å². The van der Waals surface area contributed by atoms with Gasteiger partial charge in [-0.1, -0.05) is 90.0 Å². The van der Waals surface area contributed by atoms with Gasteiger partial charge in [-0.05, 0) is 41.0 Å². The van der Waals surface area contributed by atoms with E-state index in [0.717, 1.165) is 12.8 Å². The molecule has 0 aliphatic carbocycles. The van der Waals surface area contributed by atoms with E-state index in [4.69, 9.17) is 14.2 Å². The summed E-state index contributed by atoms with van der Waals surface area (Å²) >= 11 is 0. The summed E-state index contributed by atoms with van der Waals surface area (Å²) in [6, 6.07) is -0.353. The Hall–Kier alpha value is -1.07. The molecule has 1 aliphatic rings. The maximum atomic E-state index is 12.2. The zero-order valence-electron chi connectivity index (χ0n) is 21.8. The molecule has 5 heteroatoms. The molecular weight excluding hydrogens is 402 g/mol. The molecule has 0 aromatic rings. The van der Waals surface area contributed by atoms with E-state index in [0.29, 0.717) is 0 Å². The molecule has 0 radical (unpaired) electrons. The Labute approximate surface area is 198 Å². The fraction of sp³-hybridized carbons (Fsp3) is 0.889. The first-order valence-electron chi connectivity index (χ1n) is 13.1. The van der Waals surface area contributed by atoms with Crippen LogP contribution in [0.3, 0.4) is 0 Å². The standard InChI is InChI=1S/C27H51NO4/c1-8-10-11-12-13-14-15-16-17-18-19-20-21-23-24(31-27(6,7)30-23)22(9-2)28-25(29)32-26(3,4)5/h9,22-24H,2,8,10-21H2,1,3-7H3,(H,28,29)/t22-,23+,24-/m0/s1. The molecule has 0 aromatic carbocycles. The number of unbranched alkanes of at least 4 members (excludes halogenated alkanes) is 11. The summed E-state index contributed by atoms with van der Waals surface area (Å²) in [6.07, 6.45) is 17.8. The van der Waals surface area contributed by atoms with Crippen molar-refractivity contribution in [2.24, 2.45) is 0 Å². The van der Waals surface area contributed by atoms with Crippen molar-refractivity contribution >= 4 is 6.09 Å². The molecule has 0 bridgehead atoms. The number of ether oxygens (including phenoxy) is 3. The molecule has 0 unspecified atom stereocenters. The van der Waals surface area contributed by atoms with Crippen molar-refractivity contribution in [2.75, 3.05) is 0 Å². The van der Waals surface area contributed by atoms with Gasteiger partial charge >= 0.3 is 6.09 Å². The minimum absolute atomic E-state index is 0.0638. The number of nitrogens with one attached hydrogen (secondary N) is 1. The topological polar surface area (TPSA) is 56.8 Å².